The van der Waals surface area contributed by atoms with Gasteiger partial charge in [-0.3, -0.25) is 4.79 Å². The number of ketones is 1. The van der Waals surface area contributed by atoms with E-state index in [9.17, 15) is 4.79 Å². The second-order valence-corrected chi connectivity index (χ2v) is 7.34. The maximum absolute atomic E-state index is 12.6. The molecule has 2 heterocycles. The summed E-state index contributed by atoms with van der Waals surface area (Å²) in [5.74, 6) is 0.265. The molecular weight excluding hydrogens is 352 g/mol. The summed E-state index contributed by atoms with van der Waals surface area (Å²) in [6, 6.07) is 10.6. The molecule has 0 radical (unpaired) electrons. The highest BCUT2D eigenvalue weighted by Crippen LogP contribution is 2.40. The molecule has 1 saturated heterocycles. The molecule has 136 valence electrons. The van der Waals surface area contributed by atoms with E-state index >= 15 is 0 Å². The number of carbonyl (C=O) groups excluding carboxylic acids is 1. The quantitative estimate of drug-likeness (QED) is 0.520. The number of Topliss-reactive ketones (excluding diaryl/α,β-unsaturated/α-hetero) is 1. The van der Waals surface area contributed by atoms with Crippen molar-refractivity contribution in [3.63, 3.8) is 0 Å². The number of likely N-dealkylation sites (tertiary alicyclic amines) is 1. The molecule has 1 aromatic heterocycles. The number of thiophene rings is 1. The molecule has 7 heteroatoms. The fourth-order valence-electron chi connectivity index (χ4n) is 3.56. The lowest BCUT2D eigenvalue weighted by molar-refractivity contribution is -0.402. The van der Waals surface area contributed by atoms with Gasteiger partial charge in [0.1, 0.15) is 0 Å². The van der Waals surface area contributed by atoms with Gasteiger partial charge in [-0.05, 0) is 48.0 Å². The Balaban J connectivity index is 0.000000447. The van der Waals surface area contributed by atoms with Crippen LogP contribution in [0.1, 0.15) is 39.2 Å². The summed E-state index contributed by atoms with van der Waals surface area (Å²) >= 11 is 1.59. The molecule has 0 N–H and O–H groups in total. The molecule has 0 saturated carbocycles. The Morgan fingerprint density at radius 3 is 2.42 bits per heavy atom. The van der Waals surface area contributed by atoms with Gasteiger partial charge in [-0.2, -0.15) is 0 Å². The van der Waals surface area contributed by atoms with Crippen LogP contribution in [-0.2, 0) is 6.42 Å². The first-order valence-corrected chi connectivity index (χ1v) is 9.26. The Bertz CT molecular complexity index is 858. The van der Waals surface area contributed by atoms with E-state index in [1.54, 1.807) is 11.3 Å². The zero-order valence-electron chi connectivity index (χ0n) is 14.4. The molecule has 0 unspecified atom stereocenters. The number of benzene rings is 1. The van der Waals surface area contributed by atoms with Gasteiger partial charge in [0.15, 0.2) is 5.78 Å². The number of carbonyl (C=O) groups is 1. The first-order chi connectivity index (χ1) is 12.5. The second kappa shape index (κ2) is 7.80. The zero-order chi connectivity index (χ0) is 18.7. The second-order valence-electron chi connectivity index (χ2n) is 6.43. The molecule has 4 rings (SSSR count). The van der Waals surface area contributed by atoms with Gasteiger partial charge in [0.25, 0.3) is 0 Å². The Kier molecular flexibility index (Phi) is 5.49. The molecule has 1 aliphatic carbocycles. The third-order valence-electron chi connectivity index (χ3n) is 4.77. The Hall–Kier alpha value is -2.51. The normalized spacial score (nSPS) is 16.9. The summed E-state index contributed by atoms with van der Waals surface area (Å²) in [4.78, 5) is 24.2. The summed E-state index contributed by atoms with van der Waals surface area (Å²) < 4.78 is 0. The van der Waals surface area contributed by atoms with Crippen LogP contribution in [0.4, 0.5) is 0 Å². The number of piperidine rings is 1. The van der Waals surface area contributed by atoms with Gasteiger partial charge < -0.3 is 20.2 Å². The van der Waals surface area contributed by atoms with Gasteiger partial charge in [-0.25, -0.2) is 0 Å². The summed E-state index contributed by atoms with van der Waals surface area (Å²) in [7, 11) is 2.18. The number of rotatable bonds is 0. The van der Waals surface area contributed by atoms with Crippen molar-refractivity contribution in [2.75, 3.05) is 20.1 Å². The average Bonchev–Trinajstić information content (AvgIpc) is 3.03. The third-order valence-corrected chi connectivity index (χ3v) is 5.73. The SMILES string of the molecule is CN1CCC(=C2c3ccccc3CC(=O)c3sccc32)CC1.O=[N+]([O-])[O-]. The van der Waals surface area contributed by atoms with Crippen molar-refractivity contribution in [3.05, 3.63) is 78.2 Å². The van der Waals surface area contributed by atoms with Crippen molar-refractivity contribution in [1.82, 2.24) is 4.90 Å². The summed E-state index contributed by atoms with van der Waals surface area (Å²) in [5, 5.41) is 16.8. The maximum atomic E-state index is 12.6. The molecular formula is C19H19N2O4S-. The number of fused-ring (bicyclic) bond motifs is 2. The predicted octanol–water partition coefficient (Wildman–Crippen LogP) is 3.78. The van der Waals surface area contributed by atoms with Crippen LogP contribution in [0.25, 0.3) is 5.57 Å². The van der Waals surface area contributed by atoms with Gasteiger partial charge in [0, 0.05) is 25.1 Å². The molecule has 0 bridgehead atoms. The zero-order valence-corrected chi connectivity index (χ0v) is 15.3. The van der Waals surface area contributed by atoms with Crippen LogP contribution in [0.3, 0.4) is 0 Å². The Morgan fingerprint density at radius 1 is 1.08 bits per heavy atom. The van der Waals surface area contributed by atoms with E-state index in [0.29, 0.717) is 6.42 Å². The first kappa shape index (κ1) is 18.3. The van der Waals surface area contributed by atoms with E-state index in [-0.39, 0.29) is 5.78 Å². The predicted molar refractivity (Wildman–Crippen MR) is 102 cm³/mol. The molecule has 1 fully saturated rings. The largest absolute Gasteiger partial charge is 0.356 e. The molecule has 0 spiro atoms. The molecule has 26 heavy (non-hydrogen) atoms. The van der Waals surface area contributed by atoms with Crippen molar-refractivity contribution in [2.45, 2.75) is 19.3 Å². The van der Waals surface area contributed by atoms with E-state index < -0.39 is 5.09 Å². The number of hydrogen-bond acceptors (Lipinski definition) is 6. The minimum Gasteiger partial charge on any atom is -0.356 e. The molecule has 1 aromatic carbocycles. The lowest BCUT2D eigenvalue weighted by atomic mass is 9.88. The summed E-state index contributed by atoms with van der Waals surface area (Å²) in [5.41, 5.74) is 6.47. The third kappa shape index (κ3) is 3.84. The van der Waals surface area contributed by atoms with Crippen LogP contribution in [0.5, 0.6) is 0 Å². The van der Waals surface area contributed by atoms with Gasteiger partial charge in [0.2, 0.25) is 0 Å². The Morgan fingerprint density at radius 2 is 1.73 bits per heavy atom. The van der Waals surface area contributed by atoms with E-state index in [0.717, 1.165) is 30.8 Å². The lowest BCUT2D eigenvalue weighted by Crippen LogP contribution is -2.27. The van der Waals surface area contributed by atoms with Gasteiger partial charge in [-0.1, -0.05) is 29.8 Å². The number of hydrogen-bond donors (Lipinski definition) is 0. The molecule has 1 aliphatic heterocycles. The van der Waals surface area contributed by atoms with Crippen LogP contribution >= 0.6 is 11.3 Å². The van der Waals surface area contributed by atoms with Crippen molar-refractivity contribution in [3.8, 4) is 0 Å². The summed E-state index contributed by atoms with van der Waals surface area (Å²) in [6.07, 6.45) is 2.73. The topological polar surface area (TPSA) is 86.5 Å². The minimum atomic E-state index is -1.75. The highest BCUT2D eigenvalue weighted by Gasteiger charge is 2.27. The van der Waals surface area contributed by atoms with Crippen LogP contribution in [0, 0.1) is 15.3 Å². The first-order valence-electron chi connectivity index (χ1n) is 8.38. The Labute approximate surface area is 155 Å². The van der Waals surface area contributed by atoms with E-state index in [1.165, 1.54) is 27.8 Å². The highest BCUT2D eigenvalue weighted by molar-refractivity contribution is 7.12. The molecule has 6 nitrogen and oxygen atoms in total. The lowest BCUT2D eigenvalue weighted by Gasteiger charge is -2.27. The van der Waals surface area contributed by atoms with Crippen LogP contribution in [-0.4, -0.2) is 35.9 Å². The monoisotopic (exact) mass is 371 g/mol. The molecule has 2 aromatic rings. The fraction of sp³-hybridized carbons (Fsp3) is 0.316. The molecule has 0 atom stereocenters. The van der Waals surface area contributed by atoms with Crippen LogP contribution in [0.15, 0.2) is 41.3 Å². The van der Waals surface area contributed by atoms with Crippen LogP contribution in [0.2, 0.25) is 0 Å². The molecule has 0 amide bonds. The van der Waals surface area contributed by atoms with E-state index in [4.69, 9.17) is 15.3 Å². The van der Waals surface area contributed by atoms with Crippen molar-refractivity contribution in [1.29, 1.82) is 0 Å². The standard InChI is InChI=1S/C19H19NOS.NO3/c1-20-9-6-13(7-10-20)18-15-5-3-2-4-14(15)12-17(21)19-16(18)8-11-22-19;2-1(3)4/h2-5,8,11H,6-7,9-10,12H2,1H3;/q;-1. The molecule has 2 aliphatic rings. The highest BCUT2D eigenvalue weighted by atomic mass is 32.1. The van der Waals surface area contributed by atoms with Crippen LogP contribution < -0.4 is 0 Å². The van der Waals surface area contributed by atoms with Crippen molar-refractivity contribution in [2.24, 2.45) is 0 Å². The smallest absolute Gasteiger partial charge is 0.177 e. The average molecular weight is 371 g/mol. The number of nitrogens with zero attached hydrogens (tertiary/aromatic N) is 2. The van der Waals surface area contributed by atoms with E-state index in [1.807, 2.05) is 6.07 Å². The van der Waals surface area contributed by atoms with Gasteiger partial charge in [0.05, 0.1) is 9.96 Å². The van der Waals surface area contributed by atoms with Crippen molar-refractivity contribution < 1.29 is 9.88 Å². The van der Waals surface area contributed by atoms with Gasteiger partial charge >= 0.3 is 0 Å². The fourth-order valence-corrected chi connectivity index (χ4v) is 4.40. The maximum Gasteiger partial charge on any atom is 0.177 e. The van der Waals surface area contributed by atoms with Crippen molar-refractivity contribution >= 4 is 22.7 Å². The summed E-state index contributed by atoms with van der Waals surface area (Å²) in [6.45, 7) is 2.21. The van der Waals surface area contributed by atoms with E-state index in [2.05, 4.69) is 41.6 Å². The van der Waals surface area contributed by atoms with Gasteiger partial charge in [-0.15, -0.1) is 11.3 Å². The minimum absolute atomic E-state index is 0.265.